The number of hydrogen-bond acceptors (Lipinski definition) is 3. The second-order valence-electron chi connectivity index (χ2n) is 4.00. The Kier molecular flexibility index (Phi) is 2.52. The quantitative estimate of drug-likeness (QED) is 0.730. The van der Waals surface area contributed by atoms with Crippen molar-refractivity contribution in [3.05, 3.63) is 29.6 Å². The monoisotopic (exact) mass is 192 g/mol. The van der Waals surface area contributed by atoms with Crippen molar-refractivity contribution in [1.82, 2.24) is 4.98 Å². The third kappa shape index (κ3) is 1.65. The largest absolute Gasteiger partial charge is 0.379 e. The van der Waals surface area contributed by atoms with Crippen molar-refractivity contribution in [1.29, 1.82) is 0 Å². The summed E-state index contributed by atoms with van der Waals surface area (Å²) in [6.07, 6.45) is 5.68. The van der Waals surface area contributed by atoms with E-state index in [0.717, 1.165) is 25.0 Å². The molecule has 0 radical (unpaired) electrons. The van der Waals surface area contributed by atoms with Crippen molar-refractivity contribution in [2.45, 2.75) is 25.3 Å². The SMILES string of the molecule is Cc1ccncc1C1(N)CCCOC1. The molecule has 2 rings (SSSR count). The summed E-state index contributed by atoms with van der Waals surface area (Å²) in [5, 5.41) is 0. The van der Waals surface area contributed by atoms with Gasteiger partial charge in [-0.2, -0.15) is 0 Å². The molecule has 1 fully saturated rings. The highest BCUT2D eigenvalue weighted by molar-refractivity contribution is 5.29. The van der Waals surface area contributed by atoms with Gasteiger partial charge >= 0.3 is 0 Å². The van der Waals surface area contributed by atoms with E-state index in [4.69, 9.17) is 10.5 Å². The molecule has 0 saturated carbocycles. The van der Waals surface area contributed by atoms with Crippen molar-refractivity contribution in [2.75, 3.05) is 13.2 Å². The average Bonchev–Trinajstić information content (AvgIpc) is 2.19. The lowest BCUT2D eigenvalue weighted by atomic mass is 9.84. The van der Waals surface area contributed by atoms with E-state index in [9.17, 15) is 0 Å². The molecule has 14 heavy (non-hydrogen) atoms. The first-order valence-corrected chi connectivity index (χ1v) is 5.00. The molecule has 1 atom stereocenters. The number of nitrogens with zero attached hydrogens (tertiary/aromatic N) is 1. The van der Waals surface area contributed by atoms with Gasteiger partial charge in [0.2, 0.25) is 0 Å². The lowest BCUT2D eigenvalue weighted by Crippen LogP contribution is -2.45. The molecule has 0 amide bonds. The Labute approximate surface area is 84.3 Å². The van der Waals surface area contributed by atoms with Crippen LogP contribution in [0.25, 0.3) is 0 Å². The number of aryl methyl sites for hydroxylation is 1. The molecule has 1 aromatic rings. The zero-order valence-corrected chi connectivity index (χ0v) is 8.49. The van der Waals surface area contributed by atoms with Crippen LogP contribution in [0.2, 0.25) is 0 Å². The maximum atomic E-state index is 6.32. The Balaban J connectivity index is 2.32. The molecule has 0 aliphatic carbocycles. The molecule has 1 aliphatic heterocycles. The zero-order chi connectivity index (χ0) is 10.0. The van der Waals surface area contributed by atoms with Crippen molar-refractivity contribution in [3.63, 3.8) is 0 Å². The minimum atomic E-state index is -0.323. The predicted molar refractivity (Wildman–Crippen MR) is 54.9 cm³/mol. The van der Waals surface area contributed by atoms with Crippen LogP contribution in [0.15, 0.2) is 18.5 Å². The van der Waals surface area contributed by atoms with Gasteiger partial charge < -0.3 is 10.5 Å². The summed E-state index contributed by atoms with van der Waals surface area (Å²) in [7, 11) is 0. The molecule has 3 nitrogen and oxygen atoms in total. The molecule has 1 aliphatic rings. The van der Waals surface area contributed by atoms with E-state index < -0.39 is 0 Å². The Bertz CT molecular complexity index is 319. The van der Waals surface area contributed by atoms with Crippen LogP contribution in [0.5, 0.6) is 0 Å². The smallest absolute Gasteiger partial charge is 0.0688 e. The lowest BCUT2D eigenvalue weighted by molar-refractivity contribution is 0.0363. The Morgan fingerprint density at radius 1 is 1.57 bits per heavy atom. The standard InChI is InChI=1S/C11H16N2O/c1-9-3-5-13-7-10(9)11(12)4-2-6-14-8-11/h3,5,7H,2,4,6,8,12H2,1H3. The molecular formula is C11H16N2O. The second-order valence-corrected chi connectivity index (χ2v) is 4.00. The molecule has 1 unspecified atom stereocenters. The molecule has 2 N–H and O–H groups in total. The first-order chi connectivity index (χ1) is 6.72. The van der Waals surface area contributed by atoms with Crippen LogP contribution in [-0.4, -0.2) is 18.2 Å². The van der Waals surface area contributed by atoms with E-state index in [2.05, 4.69) is 11.9 Å². The maximum Gasteiger partial charge on any atom is 0.0688 e. The highest BCUT2D eigenvalue weighted by atomic mass is 16.5. The maximum absolute atomic E-state index is 6.32. The fourth-order valence-corrected chi connectivity index (χ4v) is 2.01. The summed E-state index contributed by atoms with van der Waals surface area (Å²) in [6, 6.07) is 2.00. The van der Waals surface area contributed by atoms with Crippen LogP contribution in [0.4, 0.5) is 0 Å². The Morgan fingerprint density at radius 3 is 3.07 bits per heavy atom. The lowest BCUT2D eigenvalue weighted by Gasteiger charge is -2.34. The minimum absolute atomic E-state index is 0.323. The zero-order valence-electron chi connectivity index (χ0n) is 8.49. The van der Waals surface area contributed by atoms with Crippen LogP contribution in [-0.2, 0) is 10.3 Å². The van der Waals surface area contributed by atoms with Crippen LogP contribution in [0, 0.1) is 6.92 Å². The molecular weight excluding hydrogens is 176 g/mol. The van der Waals surface area contributed by atoms with Gasteiger partial charge in [0.05, 0.1) is 12.1 Å². The van der Waals surface area contributed by atoms with Gasteiger partial charge in [0.25, 0.3) is 0 Å². The summed E-state index contributed by atoms with van der Waals surface area (Å²) in [6.45, 7) is 3.51. The number of nitrogens with two attached hydrogens (primary N) is 1. The number of hydrogen-bond donors (Lipinski definition) is 1. The molecule has 0 aromatic carbocycles. The molecule has 0 bridgehead atoms. The van der Waals surface area contributed by atoms with E-state index in [1.807, 2.05) is 12.3 Å². The van der Waals surface area contributed by atoms with Crippen LogP contribution in [0.1, 0.15) is 24.0 Å². The van der Waals surface area contributed by atoms with E-state index in [1.54, 1.807) is 6.20 Å². The number of pyridine rings is 1. The molecule has 0 spiro atoms. The van der Waals surface area contributed by atoms with Gasteiger partial charge in [0.1, 0.15) is 0 Å². The van der Waals surface area contributed by atoms with Gasteiger partial charge in [0, 0.05) is 19.0 Å². The van der Waals surface area contributed by atoms with Crippen LogP contribution < -0.4 is 5.73 Å². The molecule has 3 heteroatoms. The van der Waals surface area contributed by atoms with Gasteiger partial charge in [-0.1, -0.05) is 0 Å². The van der Waals surface area contributed by atoms with E-state index in [1.165, 1.54) is 5.56 Å². The minimum Gasteiger partial charge on any atom is -0.379 e. The number of rotatable bonds is 1. The van der Waals surface area contributed by atoms with Gasteiger partial charge in [-0.3, -0.25) is 4.98 Å². The highest BCUT2D eigenvalue weighted by Crippen LogP contribution is 2.29. The van der Waals surface area contributed by atoms with Gasteiger partial charge in [0.15, 0.2) is 0 Å². The number of ether oxygens (including phenoxy) is 1. The van der Waals surface area contributed by atoms with Crippen molar-refractivity contribution in [3.8, 4) is 0 Å². The third-order valence-corrected chi connectivity index (χ3v) is 2.85. The first kappa shape index (κ1) is 9.62. The Hall–Kier alpha value is -0.930. The summed E-state index contributed by atoms with van der Waals surface area (Å²) >= 11 is 0. The van der Waals surface area contributed by atoms with Gasteiger partial charge in [-0.15, -0.1) is 0 Å². The second kappa shape index (κ2) is 3.67. The average molecular weight is 192 g/mol. The van der Waals surface area contributed by atoms with E-state index >= 15 is 0 Å². The third-order valence-electron chi connectivity index (χ3n) is 2.85. The summed E-state index contributed by atoms with van der Waals surface area (Å²) in [5.74, 6) is 0. The van der Waals surface area contributed by atoms with Crippen molar-refractivity contribution in [2.24, 2.45) is 5.73 Å². The Morgan fingerprint density at radius 2 is 2.43 bits per heavy atom. The van der Waals surface area contributed by atoms with Gasteiger partial charge in [-0.05, 0) is 37.0 Å². The first-order valence-electron chi connectivity index (χ1n) is 5.00. The molecule has 1 aromatic heterocycles. The van der Waals surface area contributed by atoms with Crippen LogP contribution >= 0.6 is 0 Å². The molecule has 1 saturated heterocycles. The fourth-order valence-electron chi connectivity index (χ4n) is 2.01. The predicted octanol–water partition coefficient (Wildman–Crippen LogP) is 1.35. The fraction of sp³-hybridized carbons (Fsp3) is 0.545. The summed E-state index contributed by atoms with van der Waals surface area (Å²) in [4.78, 5) is 4.13. The molecule has 76 valence electrons. The van der Waals surface area contributed by atoms with E-state index in [0.29, 0.717) is 6.61 Å². The normalized spacial score (nSPS) is 27.6. The van der Waals surface area contributed by atoms with E-state index in [-0.39, 0.29) is 5.54 Å². The topological polar surface area (TPSA) is 48.1 Å². The van der Waals surface area contributed by atoms with Crippen molar-refractivity contribution < 1.29 is 4.74 Å². The van der Waals surface area contributed by atoms with Crippen molar-refractivity contribution >= 4 is 0 Å². The molecule has 2 heterocycles. The van der Waals surface area contributed by atoms with Gasteiger partial charge in [-0.25, -0.2) is 0 Å². The highest BCUT2D eigenvalue weighted by Gasteiger charge is 2.31. The summed E-state index contributed by atoms with van der Waals surface area (Å²) < 4.78 is 5.44. The number of aromatic nitrogens is 1. The summed E-state index contributed by atoms with van der Waals surface area (Å²) in [5.41, 5.74) is 8.32. The van der Waals surface area contributed by atoms with Crippen LogP contribution in [0.3, 0.4) is 0 Å².